The maximum Gasteiger partial charge on any atom is 0.150 e. The molecule has 0 heterocycles. The summed E-state index contributed by atoms with van der Waals surface area (Å²) < 4.78 is 0. The standard InChI is InChI=1S/C10H11ClO2/c1-10(2,13)9-5-8(11)4-3-7(9)6-12/h3-6,13H,1-2H3. The number of carbonyl (C=O) groups is 1. The Morgan fingerprint density at radius 3 is 2.54 bits per heavy atom. The van der Waals surface area contributed by atoms with E-state index < -0.39 is 5.60 Å². The van der Waals surface area contributed by atoms with E-state index >= 15 is 0 Å². The lowest BCUT2D eigenvalue weighted by Gasteiger charge is -2.19. The zero-order valence-corrected chi connectivity index (χ0v) is 8.30. The first-order valence-electron chi connectivity index (χ1n) is 3.93. The van der Waals surface area contributed by atoms with Gasteiger partial charge in [-0.2, -0.15) is 0 Å². The molecule has 0 aromatic heterocycles. The van der Waals surface area contributed by atoms with Crippen LogP contribution in [-0.4, -0.2) is 11.4 Å². The van der Waals surface area contributed by atoms with Crippen LogP contribution in [0, 0.1) is 0 Å². The number of aliphatic hydroxyl groups is 1. The summed E-state index contributed by atoms with van der Waals surface area (Å²) in [6.07, 6.45) is 0.712. The highest BCUT2D eigenvalue weighted by atomic mass is 35.5. The van der Waals surface area contributed by atoms with E-state index in [2.05, 4.69) is 0 Å². The second-order valence-electron chi connectivity index (χ2n) is 3.41. The molecule has 2 nitrogen and oxygen atoms in total. The third kappa shape index (κ3) is 2.29. The van der Waals surface area contributed by atoms with Crippen LogP contribution in [-0.2, 0) is 5.60 Å². The van der Waals surface area contributed by atoms with Crippen molar-refractivity contribution in [1.29, 1.82) is 0 Å². The second-order valence-corrected chi connectivity index (χ2v) is 3.84. The molecule has 0 amide bonds. The van der Waals surface area contributed by atoms with Gasteiger partial charge in [0, 0.05) is 10.6 Å². The van der Waals surface area contributed by atoms with Gasteiger partial charge in [0.15, 0.2) is 0 Å². The number of rotatable bonds is 2. The molecule has 1 N–H and O–H groups in total. The van der Waals surface area contributed by atoms with Crippen molar-refractivity contribution in [2.24, 2.45) is 0 Å². The smallest absolute Gasteiger partial charge is 0.150 e. The molecule has 70 valence electrons. The van der Waals surface area contributed by atoms with E-state index in [-0.39, 0.29) is 0 Å². The van der Waals surface area contributed by atoms with Crippen LogP contribution in [0.5, 0.6) is 0 Å². The van der Waals surface area contributed by atoms with Gasteiger partial charge in [0.25, 0.3) is 0 Å². The van der Waals surface area contributed by atoms with Crippen molar-refractivity contribution in [2.45, 2.75) is 19.4 Å². The molecule has 0 bridgehead atoms. The number of aldehydes is 1. The SMILES string of the molecule is CC(C)(O)c1cc(Cl)ccc1C=O. The maximum absolute atomic E-state index is 10.6. The minimum atomic E-state index is -1.04. The van der Waals surface area contributed by atoms with Crippen molar-refractivity contribution >= 4 is 17.9 Å². The third-order valence-electron chi connectivity index (χ3n) is 1.80. The van der Waals surface area contributed by atoms with Crippen LogP contribution in [0.15, 0.2) is 18.2 Å². The first-order chi connectivity index (χ1) is 5.95. The van der Waals surface area contributed by atoms with E-state index in [4.69, 9.17) is 11.6 Å². The Bertz CT molecular complexity index is 326. The van der Waals surface area contributed by atoms with Gasteiger partial charge < -0.3 is 5.11 Å². The summed E-state index contributed by atoms with van der Waals surface area (Å²) in [5, 5.41) is 10.2. The predicted octanol–water partition coefficient (Wildman–Crippen LogP) is 2.38. The highest BCUT2D eigenvalue weighted by Gasteiger charge is 2.19. The highest BCUT2D eigenvalue weighted by Crippen LogP contribution is 2.25. The number of benzene rings is 1. The maximum atomic E-state index is 10.6. The van der Waals surface area contributed by atoms with Crippen LogP contribution in [0.1, 0.15) is 29.8 Å². The van der Waals surface area contributed by atoms with Gasteiger partial charge in [0.1, 0.15) is 6.29 Å². The first-order valence-corrected chi connectivity index (χ1v) is 4.30. The second kappa shape index (κ2) is 3.48. The summed E-state index contributed by atoms with van der Waals surface area (Å²) in [5.41, 5.74) is -0.0203. The molecule has 0 aliphatic rings. The Hall–Kier alpha value is -0.860. The molecule has 13 heavy (non-hydrogen) atoms. The van der Waals surface area contributed by atoms with Crippen molar-refractivity contribution < 1.29 is 9.90 Å². The lowest BCUT2D eigenvalue weighted by atomic mass is 9.94. The summed E-state index contributed by atoms with van der Waals surface area (Å²) >= 11 is 5.75. The lowest BCUT2D eigenvalue weighted by molar-refractivity contribution is 0.0768. The monoisotopic (exact) mass is 198 g/mol. The molecule has 1 aromatic carbocycles. The number of halogens is 1. The summed E-state index contributed by atoms with van der Waals surface area (Å²) in [5.74, 6) is 0. The minimum absolute atomic E-state index is 0.469. The molecule has 0 saturated carbocycles. The summed E-state index contributed by atoms with van der Waals surface area (Å²) in [6, 6.07) is 4.83. The van der Waals surface area contributed by atoms with Crippen molar-refractivity contribution in [3.05, 3.63) is 34.3 Å². The first kappa shape index (κ1) is 10.2. The van der Waals surface area contributed by atoms with E-state index in [1.165, 1.54) is 0 Å². The molecule has 0 aliphatic heterocycles. The average molecular weight is 199 g/mol. The fourth-order valence-electron chi connectivity index (χ4n) is 1.16. The molecule has 0 atom stereocenters. The quantitative estimate of drug-likeness (QED) is 0.741. The van der Waals surface area contributed by atoms with Gasteiger partial charge in [0.05, 0.1) is 5.60 Å². The molecule has 0 radical (unpaired) electrons. The fraction of sp³-hybridized carbons (Fsp3) is 0.300. The zero-order valence-electron chi connectivity index (χ0n) is 7.54. The van der Waals surface area contributed by atoms with E-state index in [0.29, 0.717) is 22.4 Å². The predicted molar refractivity (Wildman–Crippen MR) is 52.1 cm³/mol. The van der Waals surface area contributed by atoms with Gasteiger partial charge >= 0.3 is 0 Å². The molecule has 0 unspecified atom stereocenters. The van der Waals surface area contributed by atoms with Gasteiger partial charge in [-0.15, -0.1) is 0 Å². The Morgan fingerprint density at radius 2 is 2.08 bits per heavy atom. The number of carbonyl (C=O) groups excluding carboxylic acids is 1. The largest absolute Gasteiger partial charge is 0.386 e. The van der Waals surface area contributed by atoms with E-state index in [1.807, 2.05) is 0 Å². The van der Waals surface area contributed by atoms with E-state index in [1.54, 1.807) is 32.0 Å². The Kier molecular flexibility index (Phi) is 2.74. The van der Waals surface area contributed by atoms with E-state index in [0.717, 1.165) is 0 Å². The van der Waals surface area contributed by atoms with Gasteiger partial charge in [0.2, 0.25) is 0 Å². The number of hydrogen-bond donors (Lipinski definition) is 1. The molecule has 0 saturated heterocycles. The Morgan fingerprint density at radius 1 is 1.46 bits per heavy atom. The molecular formula is C10H11ClO2. The molecule has 0 aliphatic carbocycles. The normalized spacial score (nSPS) is 11.4. The number of hydrogen-bond acceptors (Lipinski definition) is 2. The minimum Gasteiger partial charge on any atom is -0.386 e. The van der Waals surface area contributed by atoms with Crippen LogP contribution in [0.4, 0.5) is 0 Å². The molecular weight excluding hydrogens is 188 g/mol. The third-order valence-corrected chi connectivity index (χ3v) is 2.04. The molecule has 3 heteroatoms. The highest BCUT2D eigenvalue weighted by molar-refractivity contribution is 6.30. The van der Waals surface area contributed by atoms with Crippen LogP contribution in [0.2, 0.25) is 5.02 Å². The zero-order chi connectivity index (χ0) is 10.1. The van der Waals surface area contributed by atoms with Gasteiger partial charge in [-0.25, -0.2) is 0 Å². The van der Waals surface area contributed by atoms with Gasteiger partial charge in [-0.05, 0) is 37.6 Å². The van der Waals surface area contributed by atoms with E-state index in [9.17, 15) is 9.90 Å². The van der Waals surface area contributed by atoms with Gasteiger partial charge in [-0.3, -0.25) is 4.79 Å². The van der Waals surface area contributed by atoms with Crippen LogP contribution >= 0.6 is 11.6 Å². The van der Waals surface area contributed by atoms with Crippen LogP contribution in [0.3, 0.4) is 0 Å². The van der Waals surface area contributed by atoms with Gasteiger partial charge in [-0.1, -0.05) is 11.6 Å². The molecule has 0 fully saturated rings. The summed E-state index contributed by atoms with van der Waals surface area (Å²) in [6.45, 7) is 3.23. The van der Waals surface area contributed by atoms with Crippen molar-refractivity contribution in [3.8, 4) is 0 Å². The van der Waals surface area contributed by atoms with Crippen LogP contribution in [0.25, 0.3) is 0 Å². The Balaban J connectivity index is 3.32. The Labute approximate surface area is 82.2 Å². The van der Waals surface area contributed by atoms with Crippen molar-refractivity contribution in [1.82, 2.24) is 0 Å². The van der Waals surface area contributed by atoms with Crippen molar-refractivity contribution in [3.63, 3.8) is 0 Å². The topological polar surface area (TPSA) is 37.3 Å². The lowest BCUT2D eigenvalue weighted by Crippen LogP contribution is -2.17. The molecule has 0 spiro atoms. The molecule has 1 rings (SSSR count). The fourth-order valence-corrected chi connectivity index (χ4v) is 1.33. The van der Waals surface area contributed by atoms with Crippen molar-refractivity contribution in [2.75, 3.05) is 0 Å². The van der Waals surface area contributed by atoms with Crippen LogP contribution < -0.4 is 0 Å². The summed E-state index contributed by atoms with van der Waals surface area (Å²) in [4.78, 5) is 10.6. The molecule has 1 aromatic rings. The summed E-state index contributed by atoms with van der Waals surface area (Å²) in [7, 11) is 0. The average Bonchev–Trinajstić information content (AvgIpc) is 2.03.